The van der Waals surface area contributed by atoms with Crippen LogP contribution in [-0.4, -0.2) is 16.2 Å². The lowest BCUT2D eigenvalue weighted by Gasteiger charge is -2.05. The number of aryl methyl sites for hydroxylation is 3. The molecule has 1 amide bonds. The van der Waals surface area contributed by atoms with Crippen LogP contribution in [0.3, 0.4) is 0 Å². The molecular weight excluding hydrogens is 320 g/mol. The number of thioether (sulfide) groups is 1. The number of amidine groups is 1. The Labute approximate surface area is 145 Å². The highest BCUT2D eigenvalue weighted by atomic mass is 32.2. The molecule has 0 aromatic heterocycles. The fraction of sp³-hybridized carbons (Fsp3) is 0.158. The highest BCUT2D eigenvalue weighted by Gasteiger charge is 2.23. The molecule has 0 bridgehead atoms. The van der Waals surface area contributed by atoms with E-state index in [-0.39, 0.29) is 5.91 Å². The molecule has 0 aliphatic carbocycles. The highest BCUT2D eigenvalue weighted by molar-refractivity contribution is 8.18. The van der Waals surface area contributed by atoms with Crippen LogP contribution in [0.1, 0.15) is 22.3 Å². The van der Waals surface area contributed by atoms with Gasteiger partial charge in [-0.25, -0.2) is 4.99 Å². The van der Waals surface area contributed by atoms with E-state index in [0.717, 1.165) is 27.9 Å². The van der Waals surface area contributed by atoms with Gasteiger partial charge >= 0.3 is 0 Å². The Morgan fingerprint density at radius 3 is 2.50 bits per heavy atom. The number of benzene rings is 2. The van der Waals surface area contributed by atoms with Crippen LogP contribution >= 0.6 is 11.8 Å². The van der Waals surface area contributed by atoms with Crippen LogP contribution in [-0.2, 0) is 4.79 Å². The number of phenolic OH excluding ortho intramolecular Hbond substituents is 1. The minimum Gasteiger partial charge on any atom is -0.507 e. The minimum atomic E-state index is -0.158. The molecule has 1 fully saturated rings. The van der Waals surface area contributed by atoms with Gasteiger partial charge in [-0.3, -0.25) is 4.79 Å². The van der Waals surface area contributed by atoms with E-state index in [4.69, 9.17) is 0 Å². The Bertz CT molecular complexity index is 862. The predicted octanol–water partition coefficient (Wildman–Crippen LogP) is 4.21. The molecule has 0 saturated carbocycles. The van der Waals surface area contributed by atoms with Gasteiger partial charge in [-0.1, -0.05) is 12.1 Å². The number of phenols is 1. The molecule has 0 unspecified atom stereocenters. The number of aromatic hydroxyl groups is 1. The van der Waals surface area contributed by atoms with Crippen molar-refractivity contribution in [2.24, 2.45) is 4.99 Å². The number of nitrogens with one attached hydrogen (secondary N) is 1. The predicted molar refractivity (Wildman–Crippen MR) is 99.6 cm³/mol. The Hall–Kier alpha value is -2.53. The van der Waals surface area contributed by atoms with Crippen LogP contribution < -0.4 is 5.32 Å². The number of aliphatic imine (C=N–C) groups is 1. The van der Waals surface area contributed by atoms with Gasteiger partial charge in [0, 0.05) is 0 Å². The summed E-state index contributed by atoms with van der Waals surface area (Å²) in [5.74, 6) is 0.136. The monoisotopic (exact) mass is 338 g/mol. The molecule has 0 atom stereocenters. The molecule has 2 N–H and O–H groups in total. The maximum atomic E-state index is 12.2. The van der Waals surface area contributed by atoms with Crippen molar-refractivity contribution in [1.29, 1.82) is 0 Å². The highest BCUT2D eigenvalue weighted by Crippen LogP contribution is 2.30. The maximum Gasteiger partial charge on any atom is 0.264 e. The van der Waals surface area contributed by atoms with Gasteiger partial charge in [0.2, 0.25) is 0 Å². The van der Waals surface area contributed by atoms with Crippen molar-refractivity contribution in [1.82, 2.24) is 5.32 Å². The van der Waals surface area contributed by atoms with Gasteiger partial charge in [-0.15, -0.1) is 0 Å². The summed E-state index contributed by atoms with van der Waals surface area (Å²) < 4.78 is 0. The van der Waals surface area contributed by atoms with Crippen LogP contribution in [0.5, 0.6) is 5.75 Å². The molecule has 4 nitrogen and oxygen atoms in total. The summed E-state index contributed by atoms with van der Waals surface area (Å²) in [4.78, 5) is 17.2. The molecular formula is C19H18N2O2S. The quantitative estimate of drug-likeness (QED) is 0.806. The molecule has 24 heavy (non-hydrogen) atoms. The van der Waals surface area contributed by atoms with Crippen LogP contribution in [0, 0.1) is 20.8 Å². The first kappa shape index (κ1) is 16.3. The Morgan fingerprint density at radius 2 is 1.83 bits per heavy atom. The van der Waals surface area contributed by atoms with Crippen LogP contribution in [0.4, 0.5) is 5.69 Å². The average Bonchev–Trinajstić information content (AvgIpc) is 2.84. The SMILES string of the molecule is Cc1cccc(N=C2NC(=O)/C(=C/c3cc(C)c(O)c(C)c3)S2)c1. The van der Waals surface area contributed by atoms with E-state index >= 15 is 0 Å². The van der Waals surface area contributed by atoms with Crippen molar-refractivity contribution >= 4 is 34.6 Å². The summed E-state index contributed by atoms with van der Waals surface area (Å²) >= 11 is 1.32. The smallest absolute Gasteiger partial charge is 0.264 e. The van der Waals surface area contributed by atoms with E-state index in [9.17, 15) is 9.90 Å². The van der Waals surface area contributed by atoms with Gasteiger partial charge in [-0.2, -0.15) is 0 Å². The molecule has 2 aromatic carbocycles. The molecule has 1 saturated heterocycles. The zero-order valence-electron chi connectivity index (χ0n) is 13.8. The fourth-order valence-electron chi connectivity index (χ4n) is 2.52. The third-order valence-corrected chi connectivity index (χ3v) is 4.60. The number of hydrogen-bond donors (Lipinski definition) is 2. The third kappa shape index (κ3) is 3.51. The van der Waals surface area contributed by atoms with Crippen molar-refractivity contribution in [3.05, 3.63) is 63.6 Å². The number of rotatable bonds is 2. The second-order valence-corrected chi connectivity index (χ2v) is 6.85. The molecule has 1 heterocycles. The van der Waals surface area contributed by atoms with Crippen molar-refractivity contribution in [2.45, 2.75) is 20.8 Å². The maximum absolute atomic E-state index is 12.2. The van der Waals surface area contributed by atoms with Crippen LogP contribution in [0.2, 0.25) is 0 Å². The van der Waals surface area contributed by atoms with Gasteiger partial charge in [0.25, 0.3) is 5.91 Å². The Morgan fingerprint density at radius 1 is 1.12 bits per heavy atom. The van der Waals surface area contributed by atoms with Crippen LogP contribution in [0.25, 0.3) is 6.08 Å². The molecule has 2 aromatic rings. The molecule has 3 rings (SSSR count). The number of carbonyl (C=O) groups excluding carboxylic acids is 1. The van der Waals surface area contributed by atoms with E-state index in [1.54, 1.807) is 0 Å². The lowest BCUT2D eigenvalue weighted by atomic mass is 10.1. The Kier molecular flexibility index (Phi) is 4.44. The number of carbonyl (C=O) groups is 1. The average molecular weight is 338 g/mol. The summed E-state index contributed by atoms with van der Waals surface area (Å²) in [6.45, 7) is 5.69. The molecule has 5 heteroatoms. The van der Waals surface area contributed by atoms with E-state index in [1.165, 1.54) is 11.8 Å². The topological polar surface area (TPSA) is 61.7 Å². The second kappa shape index (κ2) is 6.53. The summed E-state index contributed by atoms with van der Waals surface area (Å²) in [5, 5.41) is 13.2. The summed E-state index contributed by atoms with van der Waals surface area (Å²) in [6, 6.07) is 11.5. The molecule has 0 radical (unpaired) electrons. The van der Waals surface area contributed by atoms with Gasteiger partial charge in [-0.05, 0) is 85.1 Å². The van der Waals surface area contributed by atoms with E-state index in [2.05, 4.69) is 10.3 Å². The second-order valence-electron chi connectivity index (χ2n) is 5.82. The van der Waals surface area contributed by atoms with E-state index in [1.807, 2.05) is 63.2 Å². The van der Waals surface area contributed by atoms with Gasteiger partial charge in [0.1, 0.15) is 5.75 Å². The summed E-state index contributed by atoms with van der Waals surface area (Å²) in [5.41, 5.74) is 4.41. The first-order valence-electron chi connectivity index (χ1n) is 7.59. The molecule has 122 valence electrons. The van der Waals surface area contributed by atoms with Crippen molar-refractivity contribution < 1.29 is 9.90 Å². The van der Waals surface area contributed by atoms with Gasteiger partial charge in [0.05, 0.1) is 10.6 Å². The van der Waals surface area contributed by atoms with Crippen molar-refractivity contribution in [3.8, 4) is 5.75 Å². The van der Waals surface area contributed by atoms with Crippen molar-refractivity contribution in [2.75, 3.05) is 0 Å². The molecule has 1 aliphatic rings. The molecule has 0 spiro atoms. The first-order chi connectivity index (χ1) is 11.4. The zero-order chi connectivity index (χ0) is 17.3. The summed E-state index contributed by atoms with van der Waals surface area (Å²) in [6.07, 6.45) is 1.82. The number of amides is 1. The van der Waals surface area contributed by atoms with Gasteiger partial charge < -0.3 is 10.4 Å². The number of hydrogen-bond acceptors (Lipinski definition) is 4. The fourth-order valence-corrected chi connectivity index (χ4v) is 3.36. The lowest BCUT2D eigenvalue weighted by Crippen LogP contribution is -2.19. The zero-order valence-corrected chi connectivity index (χ0v) is 14.6. The third-order valence-electron chi connectivity index (χ3n) is 3.69. The normalized spacial score (nSPS) is 17.5. The van der Waals surface area contributed by atoms with Crippen LogP contribution in [0.15, 0.2) is 46.3 Å². The Balaban J connectivity index is 1.87. The minimum absolute atomic E-state index is 0.158. The van der Waals surface area contributed by atoms with E-state index < -0.39 is 0 Å². The van der Waals surface area contributed by atoms with Crippen molar-refractivity contribution in [3.63, 3.8) is 0 Å². The lowest BCUT2D eigenvalue weighted by molar-refractivity contribution is -0.115. The number of nitrogens with zero attached hydrogens (tertiary/aromatic N) is 1. The molecule has 1 aliphatic heterocycles. The largest absolute Gasteiger partial charge is 0.507 e. The first-order valence-corrected chi connectivity index (χ1v) is 8.40. The standard InChI is InChI=1S/C19H18N2O2S/c1-11-5-4-6-15(7-11)20-19-21-18(23)16(24-19)10-14-8-12(2)17(22)13(3)9-14/h4-10,22H,1-3H3,(H,20,21,23)/b16-10-. The summed E-state index contributed by atoms with van der Waals surface area (Å²) in [7, 11) is 0. The van der Waals surface area contributed by atoms with E-state index in [0.29, 0.717) is 15.8 Å². The van der Waals surface area contributed by atoms with Gasteiger partial charge in [0.15, 0.2) is 5.17 Å².